The fourth-order valence-electron chi connectivity index (χ4n) is 1.40. The summed E-state index contributed by atoms with van der Waals surface area (Å²) >= 11 is 1.61. The van der Waals surface area contributed by atoms with E-state index in [1.807, 2.05) is 32.2 Å². The van der Waals surface area contributed by atoms with E-state index in [0.29, 0.717) is 0 Å². The second-order valence-corrected chi connectivity index (χ2v) is 4.55. The van der Waals surface area contributed by atoms with Crippen LogP contribution in [-0.4, -0.2) is 14.9 Å². The first kappa shape index (κ1) is 9.43. The molecule has 3 nitrogen and oxygen atoms in total. The molecular weight excluding hydrogens is 196 g/mol. The second kappa shape index (κ2) is 3.55. The van der Waals surface area contributed by atoms with Crippen LogP contribution in [0.25, 0.3) is 0 Å². The predicted octanol–water partition coefficient (Wildman–Crippen LogP) is 1.87. The van der Waals surface area contributed by atoms with E-state index in [0.717, 1.165) is 10.6 Å². The number of aliphatic hydroxyl groups is 1. The first-order valence-electron chi connectivity index (χ1n) is 4.41. The number of hydrogen-bond donors (Lipinski definition) is 1. The highest BCUT2D eigenvalue weighted by atomic mass is 32.1. The van der Waals surface area contributed by atoms with Gasteiger partial charge in [0, 0.05) is 23.0 Å². The average molecular weight is 208 g/mol. The molecule has 1 unspecified atom stereocenters. The van der Waals surface area contributed by atoms with Gasteiger partial charge in [-0.05, 0) is 25.1 Å². The molecule has 0 radical (unpaired) electrons. The molecule has 2 aromatic heterocycles. The van der Waals surface area contributed by atoms with Crippen molar-refractivity contribution in [3.05, 3.63) is 39.8 Å². The summed E-state index contributed by atoms with van der Waals surface area (Å²) in [7, 11) is 1.83. The lowest BCUT2D eigenvalue weighted by Gasteiger charge is -2.08. The predicted molar refractivity (Wildman–Crippen MR) is 56.3 cm³/mol. The SMILES string of the molecule is Cc1ccc(C(O)c2ccnn2C)s1. The van der Waals surface area contributed by atoms with Crippen LogP contribution in [0.2, 0.25) is 0 Å². The molecule has 2 aromatic rings. The minimum atomic E-state index is -0.554. The summed E-state index contributed by atoms with van der Waals surface area (Å²) in [4.78, 5) is 2.17. The van der Waals surface area contributed by atoms with Crippen LogP contribution in [0.5, 0.6) is 0 Å². The molecule has 0 spiro atoms. The number of nitrogens with zero attached hydrogens (tertiary/aromatic N) is 2. The topological polar surface area (TPSA) is 38.1 Å². The Morgan fingerprint density at radius 1 is 1.43 bits per heavy atom. The summed E-state index contributed by atoms with van der Waals surface area (Å²) in [5.74, 6) is 0. The third kappa shape index (κ3) is 1.58. The molecule has 74 valence electrons. The zero-order chi connectivity index (χ0) is 10.1. The molecule has 1 atom stereocenters. The first-order valence-corrected chi connectivity index (χ1v) is 5.22. The quantitative estimate of drug-likeness (QED) is 0.818. The van der Waals surface area contributed by atoms with Crippen molar-refractivity contribution in [2.24, 2.45) is 7.05 Å². The van der Waals surface area contributed by atoms with E-state index >= 15 is 0 Å². The first-order chi connectivity index (χ1) is 6.68. The lowest BCUT2D eigenvalue weighted by atomic mass is 10.2. The molecule has 0 aliphatic heterocycles. The summed E-state index contributed by atoms with van der Waals surface area (Å²) in [6.45, 7) is 2.03. The summed E-state index contributed by atoms with van der Waals surface area (Å²) < 4.78 is 1.69. The van der Waals surface area contributed by atoms with Gasteiger partial charge in [0.2, 0.25) is 0 Å². The van der Waals surface area contributed by atoms with E-state index in [4.69, 9.17) is 0 Å². The molecule has 0 amide bonds. The monoisotopic (exact) mass is 208 g/mol. The minimum absolute atomic E-state index is 0.554. The lowest BCUT2D eigenvalue weighted by molar-refractivity contribution is 0.213. The molecule has 0 aromatic carbocycles. The van der Waals surface area contributed by atoms with Crippen LogP contribution in [0.1, 0.15) is 21.6 Å². The molecule has 0 fully saturated rings. The Morgan fingerprint density at radius 3 is 2.71 bits per heavy atom. The Morgan fingerprint density at radius 2 is 2.21 bits per heavy atom. The maximum absolute atomic E-state index is 10.0. The number of thiophene rings is 1. The number of aromatic nitrogens is 2. The summed E-state index contributed by atoms with van der Waals surface area (Å²) in [5, 5.41) is 14.1. The number of aliphatic hydroxyl groups excluding tert-OH is 1. The van der Waals surface area contributed by atoms with Gasteiger partial charge >= 0.3 is 0 Å². The van der Waals surface area contributed by atoms with E-state index in [1.54, 1.807) is 22.2 Å². The molecule has 1 N–H and O–H groups in total. The van der Waals surface area contributed by atoms with Crippen LogP contribution in [0.4, 0.5) is 0 Å². The van der Waals surface area contributed by atoms with Gasteiger partial charge in [-0.2, -0.15) is 5.10 Å². The lowest BCUT2D eigenvalue weighted by Crippen LogP contribution is -2.04. The van der Waals surface area contributed by atoms with Crippen molar-refractivity contribution in [1.29, 1.82) is 0 Å². The standard InChI is InChI=1S/C10H12N2OS/c1-7-3-4-9(14-7)10(13)8-5-6-11-12(8)2/h3-6,10,13H,1-2H3. The molecule has 14 heavy (non-hydrogen) atoms. The van der Waals surface area contributed by atoms with Gasteiger partial charge in [0.25, 0.3) is 0 Å². The Hall–Kier alpha value is -1.13. The van der Waals surface area contributed by atoms with Crippen LogP contribution in [-0.2, 0) is 7.05 Å². The zero-order valence-corrected chi connectivity index (χ0v) is 8.95. The van der Waals surface area contributed by atoms with E-state index in [2.05, 4.69) is 5.10 Å². The second-order valence-electron chi connectivity index (χ2n) is 3.23. The fraction of sp³-hybridized carbons (Fsp3) is 0.300. The smallest absolute Gasteiger partial charge is 0.130 e. The van der Waals surface area contributed by atoms with E-state index < -0.39 is 6.10 Å². The van der Waals surface area contributed by atoms with Crippen LogP contribution in [0.15, 0.2) is 24.4 Å². The van der Waals surface area contributed by atoms with Gasteiger partial charge in [-0.15, -0.1) is 11.3 Å². The minimum Gasteiger partial charge on any atom is -0.381 e. The normalized spacial score (nSPS) is 13.1. The number of rotatable bonds is 2. The highest BCUT2D eigenvalue weighted by Gasteiger charge is 2.15. The van der Waals surface area contributed by atoms with Crippen molar-refractivity contribution in [3.8, 4) is 0 Å². The third-order valence-electron chi connectivity index (χ3n) is 2.17. The molecule has 2 heterocycles. The molecule has 4 heteroatoms. The molecule has 0 saturated carbocycles. The molecule has 0 aliphatic carbocycles. The van der Waals surface area contributed by atoms with Gasteiger partial charge in [-0.25, -0.2) is 0 Å². The molecule has 0 bridgehead atoms. The van der Waals surface area contributed by atoms with Crippen molar-refractivity contribution >= 4 is 11.3 Å². The van der Waals surface area contributed by atoms with Crippen molar-refractivity contribution in [2.45, 2.75) is 13.0 Å². The zero-order valence-electron chi connectivity index (χ0n) is 8.14. The summed E-state index contributed by atoms with van der Waals surface area (Å²) in [6.07, 6.45) is 1.14. The van der Waals surface area contributed by atoms with E-state index in [-0.39, 0.29) is 0 Å². The highest BCUT2D eigenvalue weighted by molar-refractivity contribution is 7.12. The van der Waals surface area contributed by atoms with E-state index in [1.165, 1.54) is 4.88 Å². The van der Waals surface area contributed by atoms with E-state index in [9.17, 15) is 5.11 Å². The van der Waals surface area contributed by atoms with Crippen LogP contribution >= 0.6 is 11.3 Å². The van der Waals surface area contributed by atoms with Crippen LogP contribution < -0.4 is 0 Å². The molecule has 2 rings (SSSR count). The van der Waals surface area contributed by atoms with Gasteiger partial charge in [0.05, 0.1) is 5.69 Å². The Balaban J connectivity index is 2.33. The van der Waals surface area contributed by atoms with Crippen molar-refractivity contribution < 1.29 is 5.11 Å². The maximum Gasteiger partial charge on any atom is 0.130 e. The highest BCUT2D eigenvalue weighted by Crippen LogP contribution is 2.27. The average Bonchev–Trinajstić information content (AvgIpc) is 2.73. The Kier molecular flexibility index (Phi) is 2.39. The van der Waals surface area contributed by atoms with Crippen molar-refractivity contribution in [2.75, 3.05) is 0 Å². The Labute approximate surface area is 86.6 Å². The number of hydrogen-bond acceptors (Lipinski definition) is 3. The van der Waals surface area contributed by atoms with Crippen molar-refractivity contribution in [3.63, 3.8) is 0 Å². The largest absolute Gasteiger partial charge is 0.381 e. The molecule has 0 aliphatic rings. The third-order valence-corrected chi connectivity index (χ3v) is 3.22. The Bertz CT molecular complexity index is 433. The number of aryl methyl sites for hydroxylation is 2. The van der Waals surface area contributed by atoms with Gasteiger partial charge in [-0.3, -0.25) is 4.68 Å². The maximum atomic E-state index is 10.0. The van der Waals surface area contributed by atoms with Gasteiger partial charge in [0.15, 0.2) is 0 Å². The van der Waals surface area contributed by atoms with Gasteiger partial charge < -0.3 is 5.11 Å². The summed E-state index contributed by atoms with van der Waals surface area (Å²) in [6, 6.07) is 5.80. The van der Waals surface area contributed by atoms with Gasteiger partial charge in [-0.1, -0.05) is 0 Å². The van der Waals surface area contributed by atoms with Crippen molar-refractivity contribution in [1.82, 2.24) is 9.78 Å². The fourth-order valence-corrected chi connectivity index (χ4v) is 2.27. The summed E-state index contributed by atoms with van der Waals surface area (Å²) in [5.41, 5.74) is 0.826. The molecule has 0 saturated heterocycles. The van der Waals surface area contributed by atoms with Crippen LogP contribution in [0.3, 0.4) is 0 Å². The van der Waals surface area contributed by atoms with Crippen LogP contribution in [0, 0.1) is 6.92 Å². The van der Waals surface area contributed by atoms with Gasteiger partial charge in [0.1, 0.15) is 6.10 Å². The molecular formula is C10H12N2OS.